The van der Waals surface area contributed by atoms with Crippen LogP contribution in [0.25, 0.3) is 5.78 Å². The van der Waals surface area contributed by atoms with Gasteiger partial charge in [0.25, 0.3) is 5.78 Å². The molecule has 10 heteroatoms. The van der Waals surface area contributed by atoms with Crippen molar-refractivity contribution >= 4 is 23.9 Å². The molecule has 0 spiro atoms. The molecule has 0 aromatic carbocycles. The molecule has 0 bridgehead atoms. The molecule has 25 heavy (non-hydrogen) atoms. The van der Waals surface area contributed by atoms with Gasteiger partial charge in [-0.2, -0.15) is 14.6 Å². The summed E-state index contributed by atoms with van der Waals surface area (Å²) in [7, 11) is 0. The molecule has 136 valence electrons. The predicted octanol–water partition coefficient (Wildman–Crippen LogP) is 0.920. The number of anilines is 1. The molecule has 2 aromatic rings. The van der Waals surface area contributed by atoms with Crippen molar-refractivity contribution in [1.29, 1.82) is 0 Å². The van der Waals surface area contributed by atoms with E-state index in [0.29, 0.717) is 29.5 Å². The molecule has 0 aliphatic heterocycles. The first kappa shape index (κ1) is 18.6. The first-order chi connectivity index (χ1) is 12.0. The van der Waals surface area contributed by atoms with Crippen LogP contribution in [0.1, 0.15) is 38.3 Å². The zero-order valence-corrected chi connectivity index (χ0v) is 14.3. The van der Waals surface area contributed by atoms with Gasteiger partial charge in [0, 0.05) is 11.8 Å². The molecule has 1 unspecified atom stereocenters. The summed E-state index contributed by atoms with van der Waals surface area (Å²) in [6, 6.07) is 1.72. The zero-order valence-electron chi connectivity index (χ0n) is 14.3. The molecule has 0 radical (unpaired) electrons. The fraction of sp³-hybridized carbons (Fsp3) is 0.533. The summed E-state index contributed by atoms with van der Waals surface area (Å²) in [6.07, 6.45) is 5.06. The van der Waals surface area contributed by atoms with Gasteiger partial charge in [0.05, 0.1) is 12.5 Å². The smallest absolute Gasteiger partial charge is 0.254 e. The normalized spacial score (nSPS) is 12.0. The van der Waals surface area contributed by atoms with Gasteiger partial charge in [0.15, 0.2) is 5.82 Å². The molecular weight excluding hydrogens is 326 g/mol. The summed E-state index contributed by atoms with van der Waals surface area (Å²) >= 11 is 0. The molecule has 0 saturated carbocycles. The summed E-state index contributed by atoms with van der Waals surface area (Å²) in [5.74, 6) is 0.0822. The van der Waals surface area contributed by atoms with Crippen molar-refractivity contribution in [3.05, 3.63) is 18.1 Å². The number of hydrazine groups is 1. The molecular formula is C15H23N7O3. The van der Waals surface area contributed by atoms with Crippen molar-refractivity contribution in [3.8, 4) is 0 Å². The fourth-order valence-corrected chi connectivity index (χ4v) is 2.46. The van der Waals surface area contributed by atoms with Gasteiger partial charge in [0.2, 0.25) is 12.3 Å². The van der Waals surface area contributed by atoms with Crippen LogP contribution in [-0.2, 0) is 9.59 Å². The highest BCUT2D eigenvalue weighted by Crippen LogP contribution is 2.13. The molecule has 2 heterocycles. The van der Waals surface area contributed by atoms with Crippen LogP contribution in [0.3, 0.4) is 0 Å². The summed E-state index contributed by atoms with van der Waals surface area (Å²) < 4.78 is 1.46. The third-order valence-electron chi connectivity index (χ3n) is 3.75. The van der Waals surface area contributed by atoms with Crippen molar-refractivity contribution in [2.45, 2.75) is 39.5 Å². The lowest BCUT2D eigenvalue weighted by atomic mass is 10.0. The van der Waals surface area contributed by atoms with E-state index in [1.54, 1.807) is 6.07 Å². The van der Waals surface area contributed by atoms with Gasteiger partial charge >= 0.3 is 0 Å². The molecule has 10 nitrogen and oxygen atoms in total. The number of unbranched alkanes of at least 4 members (excludes halogenated alkanes) is 2. The van der Waals surface area contributed by atoms with E-state index in [-0.39, 0.29) is 12.5 Å². The number of hydroxylamine groups is 2. The predicted molar refractivity (Wildman–Crippen MR) is 89.5 cm³/mol. The van der Waals surface area contributed by atoms with Crippen molar-refractivity contribution in [2.24, 2.45) is 5.92 Å². The molecule has 2 rings (SSSR count). The number of aryl methyl sites for hydroxylation is 1. The monoisotopic (exact) mass is 349 g/mol. The number of hydrogen-bond acceptors (Lipinski definition) is 7. The van der Waals surface area contributed by atoms with Gasteiger partial charge in [-0.25, -0.2) is 10.0 Å². The van der Waals surface area contributed by atoms with Gasteiger partial charge in [0.1, 0.15) is 6.33 Å². The Balaban J connectivity index is 2.03. The van der Waals surface area contributed by atoms with Crippen LogP contribution in [0.15, 0.2) is 12.4 Å². The maximum absolute atomic E-state index is 12.4. The number of nitrogens with one attached hydrogen (secondary N) is 2. The Morgan fingerprint density at radius 3 is 3.00 bits per heavy atom. The summed E-state index contributed by atoms with van der Waals surface area (Å²) in [4.78, 5) is 31.3. The number of nitrogens with zero attached hydrogens (tertiary/aromatic N) is 5. The third-order valence-corrected chi connectivity index (χ3v) is 3.75. The zero-order chi connectivity index (χ0) is 18.2. The number of hydrogen-bond donors (Lipinski definition) is 3. The number of rotatable bonds is 10. The van der Waals surface area contributed by atoms with Crippen LogP contribution in [0.5, 0.6) is 0 Å². The highest BCUT2D eigenvalue weighted by atomic mass is 16.5. The van der Waals surface area contributed by atoms with E-state index in [0.717, 1.165) is 25.0 Å². The summed E-state index contributed by atoms with van der Waals surface area (Å²) in [5.41, 5.74) is 6.14. The fourth-order valence-electron chi connectivity index (χ4n) is 2.46. The van der Waals surface area contributed by atoms with Crippen LogP contribution in [-0.4, -0.2) is 48.7 Å². The minimum atomic E-state index is -0.525. The third kappa shape index (κ3) is 5.11. The minimum absolute atomic E-state index is 0.0607. The largest absolute Gasteiger partial charge is 0.286 e. The Morgan fingerprint density at radius 2 is 2.28 bits per heavy atom. The number of fused-ring (bicyclic) bond motifs is 1. The Morgan fingerprint density at radius 1 is 1.48 bits per heavy atom. The number of amides is 2. The Labute approximate surface area is 145 Å². The van der Waals surface area contributed by atoms with Crippen molar-refractivity contribution in [1.82, 2.24) is 30.1 Å². The summed E-state index contributed by atoms with van der Waals surface area (Å²) in [5, 5.41) is 13.9. The maximum atomic E-state index is 12.4. The van der Waals surface area contributed by atoms with Gasteiger partial charge < -0.3 is 0 Å². The topological polar surface area (TPSA) is 125 Å². The quantitative estimate of drug-likeness (QED) is 0.252. The number of carbonyl (C=O) groups is 2. The molecule has 0 saturated heterocycles. The second kappa shape index (κ2) is 8.92. The standard InChI is InChI=1S/C15H23N7O3/c1-3-4-5-6-12(8-21(25)10-23)14(24)20-19-13-7-11(2)18-15-16-9-17-22(13)15/h7,9-10,12,19,25H,3-6,8H2,1-2H3,(H,20,24). The van der Waals surface area contributed by atoms with Gasteiger partial charge in [-0.05, 0) is 13.3 Å². The lowest BCUT2D eigenvalue weighted by Crippen LogP contribution is -2.40. The Bertz CT molecular complexity index is 718. The van der Waals surface area contributed by atoms with E-state index in [4.69, 9.17) is 0 Å². The molecule has 1 atom stereocenters. The van der Waals surface area contributed by atoms with Crippen LogP contribution >= 0.6 is 0 Å². The van der Waals surface area contributed by atoms with E-state index in [9.17, 15) is 14.8 Å². The van der Waals surface area contributed by atoms with E-state index < -0.39 is 5.92 Å². The van der Waals surface area contributed by atoms with E-state index in [1.165, 1.54) is 10.8 Å². The summed E-state index contributed by atoms with van der Waals surface area (Å²) in [6.45, 7) is 3.81. The first-order valence-corrected chi connectivity index (χ1v) is 8.19. The molecule has 2 amide bonds. The first-order valence-electron chi connectivity index (χ1n) is 8.19. The second-order valence-electron chi connectivity index (χ2n) is 5.79. The maximum Gasteiger partial charge on any atom is 0.254 e. The lowest BCUT2D eigenvalue weighted by molar-refractivity contribution is -0.154. The minimum Gasteiger partial charge on any atom is -0.286 e. The van der Waals surface area contributed by atoms with E-state index >= 15 is 0 Å². The van der Waals surface area contributed by atoms with Crippen LogP contribution in [0, 0.1) is 12.8 Å². The molecule has 0 fully saturated rings. The lowest BCUT2D eigenvalue weighted by Gasteiger charge is -2.20. The Kier molecular flexibility index (Phi) is 6.63. The molecule has 2 aromatic heterocycles. The van der Waals surface area contributed by atoms with Gasteiger partial charge in [-0.15, -0.1) is 0 Å². The second-order valence-corrected chi connectivity index (χ2v) is 5.79. The molecule has 3 N–H and O–H groups in total. The SMILES string of the molecule is CCCCCC(CN(O)C=O)C(=O)NNc1cc(C)nc2ncnn12. The van der Waals surface area contributed by atoms with Crippen molar-refractivity contribution in [3.63, 3.8) is 0 Å². The molecule has 0 aliphatic rings. The van der Waals surface area contributed by atoms with Crippen LogP contribution in [0.2, 0.25) is 0 Å². The van der Waals surface area contributed by atoms with Crippen molar-refractivity contribution in [2.75, 3.05) is 12.0 Å². The number of aromatic nitrogens is 4. The Hall–Kier alpha value is -2.75. The average Bonchev–Trinajstić information content (AvgIpc) is 3.06. The van der Waals surface area contributed by atoms with E-state index in [1.807, 2.05) is 6.92 Å². The average molecular weight is 349 g/mol. The van der Waals surface area contributed by atoms with Gasteiger partial charge in [-0.3, -0.25) is 25.6 Å². The van der Waals surface area contributed by atoms with Gasteiger partial charge in [-0.1, -0.05) is 26.2 Å². The van der Waals surface area contributed by atoms with Crippen LogP contribution < -0.4 is 10.9 Å². The molecule has 0 aliphatic carbocycles. The van der Waals surface area contributed by atoms with Crippen molar-refractivity contribution < 1.29 is 14.8 Å². The highest BCUT2D eigenvalue weighted by molar-refractivity contribution is 5.80. The van der Waals surface area contributed by atoms with E-state index in [2.05, 4.69) is 32.8 Å². The number of carbonyl (C=O) groups excluding carboxylic acids is 2. The van der Waals surface area contributed by atoms with Crippen LogP contribution in [0.4, 0.5) is 5.82 Å². The highest BCUT2D eigenvalue weighted by Gasteiger charge is 2.21.